The van der Waals surface area contributed by atoms with E-state index in [1.54, 1.807) is 0 Å². The first-order valence-corrected chi connectivity index (χ1v) is 7.93. The Morgan fingerprint density at radius 2 is 1.86 bits per heavy atom. The minimum absolute atomic E-state index is 0.496. The van der Waals surface area contributed by atoms with E-state index in [4.69, 9.17) is 0 Å². The first kappa shape index (κ1) is 14.3. The third kappa shape index (κ3) is 3.17. The van der Waals surface area contributed by atoms with Gasteiger partial charge in [0.2, 0.25) is 0 Å². The molecule has 0 amide bonds. The van der Waals surface area contributed by atoms with Gasteiger partial charge in [0, 0.05) is 32.2 Å². The predicted octanol–water partition coefficient (Wildman–Crippen LogP) is 3.75. The van der Waals surface area contributed by atoms with Crippen LogP contribution in [-0.2, 0) is 0 Å². The van der Waals surface area contributed by atoms with Crippen LogP contribution in [0.15, 0.2) is 55.1 Å². The molecule has 1 aliphatic rings. The Kier molecular flexibility index (Phi) is 4.69. The van der Waals surface area contributed by atoms with E-state index in [-0.39, 0.29) is 0 Å². The molecule has 1 saturated heterocycles. The molecule has 3 rings (SSSR count). The van der Waals surface area contributed by atoms with E-state index in [1.807, 2.05) is 6.08 Å². The third-order valence-electron chi connectivity index (χ3n) is 4.42. The van der Waals surface area contributed by atoms with Crippen molar-refractivity contribution in [1.82, 2.24) is 10.2 Å². The van der Waals surface area contributed by atoms with Crippen LogP contribution in [0.4, 0.5) is 0 Å². The van der Waals surface area contributed by atoms with Crippen LogP contribution in [0, 0.1) is 0 Å². The van der Waals surface area contributed by atoms with Gasteiger partial charge in [0.15, 0.2) is 0 Å². The molecule has 1 fully saturated rings. The summed E-state index contributed by atoms with van der Waals surface area (Å²) in [5, 5.41) is 6.19. The minimum Gasteiger partial charge on any atom is -0.314 e. The highest BCUT2D eigenvalue weighted by Crippen LogP contribution is 2.31. The van der Waals surface area contributed by atoms with Gasteiger partial charge in [-0.1, -0.05) is 48.5 Å². The van der Waals surface area contributed by atoms with E-state index in [0.29, 0.717) is 6.04 Å². The maximum absolute atomic E-state index is 3.90. The molecular formula is C19H24N2. The molecule has 0 unspecified atom stereocenters. The lowest BCUT2D eigenvalue weighted by molar-refractivity contribution is 0.167. The van der Waals surface area contributed by atoms with Crippen LogP contribution in [0.1, 0.15) is 24.4 Å². The summed E-state index contributed by atoms with van der Waals surface area (Å²) < 4.78 is 0. The predicted molar refractivity (Wildman–Crippen MR) is 90.6 cm³/mol. The first-order chi connectivity index (χ1) is 10.4. The summed E-state index contributed by atoms with van der Waals surface area (Å²) in [6, 6.07) is 15.9. The fraction of sp³-hybridized carbons (Fsp3) is 0.368. The van der Waals surface area contributed by atoms with Gasteiger partial charge in [-0.25, -0.2) is 0 Å². The minimum atomic E-state index is 0.496. The Bertz CT molecular complexity index is 594. The molecule has 0 bridgehead atoms. The van der Waals surface area contributed by atoms with Crippen LogP contribution in [0.2, 0.25) is 0 Å². The van der Waals surface area contributed by atoms with Crippen molar-refractivity contribution < 1.29 is 0 Å². The Hall–Kier alpha value is -1.64. The van der Waals surface area contributed by atoms with Crippen LogP contribution >= 0.6 is 0 Å². The maximum atomic E-state index is 3.90. The van der Waals surface area contributed by atoms with Crippen molar-refractivity contribution in [3.8, 4) is 0 Å². The molecule has 1 heterocycles. The molecule has 1 atom stereocenters. The number of benzene rings is 2. The van der Waals surface area contributed by atoms with Crippen molar-refractivity contribution in [3.05, 3.63) is 60.7 Å². The third-order valence-corrected chi connectivity index (χ3v) is 4.42. The molecule has 1 N–H and O–H groups in total. The topological polar surface area (TPSA) is 15.3 Å². The van der Waals surface area contributed by atoms with Crippen molar-refractivity contribution in [2.45, 2.75) is 18.9 Å². The quantitative estimate of drug-likeness (QED) is 0.839. The van der Waals surface area contributed by atoms with E-state index in [0.717, 1.165) is 39.0 Å². The average Bonchev–Trinajstić information content (AvgIpc) is 2.56. The Labute approximate surface area is 127 Å². The number of nitrogens with one attached hydrogen (secondary N) is 1. The SMILES string of the molecule is C=CCC[C@@H](c1cccc2ccccc12)N1CCNCC1. The molecule has 0 radical (unpaired) electrons. The summed E-state index contributed by atoms with van der Waals surface area (Å²) in [5.41, 5.74) is 1.47. The highest BCUT2D eigenvalue weighted by molar-refractivity contribution is 5.86. The van der Waals surface area contributed by atoms with Gasteiger partial charge in [-0.05, 0) is 29.2 Å². The van der Waals surface area contributed by atoms with Gasteiger partial charge >= 0.3 is 0 Å². The smallest absolute Gasteiger partial charge is 0.0358 e. The van der Waals surface area contributed by atoms with Gasteiger partial charge in [-0.3, -0.25) is 4.90 Å². The van der Waals surface area contributed by atoms with Gasteiger partial charge in [0.1, 0.15) is 0 Å². The molecule has 0 aliphatic carbocycles. The van der Waals surface area contributed by atoms with E-state index in [1.165, 1.54) is 16.3 Å². The summed E-state index contributed by atoms with van der Waals surface area (Å²) in [6.07, 6.45) is 4.26. The van der Waals surface area contributed by atoms with Crippen molar-refractivity contribution >= 4 is 10.8 Å². The number of fused-ring (bicyclic) bond motifs is 1. The zero-order valence-corrected chi connectivity index (χ0v) is 12.6. The van der Waals surface area contributed by atoms with E-state index < -0.39 is 0 Å². The summed E-state index contributed by atoms with van der Waals surface area (Å²) in [6.45, 7) is 8.35. The van der Waals surface area contributed by atoms with Gasteiger partial charge in [0.05, 0.1) is 0 Å². The number of allylic oxidation sites excluding steroid dienone is 1. The number of piperazine rings is 1. The second kappa shape index (κ2) is 6.88. The molecule has 0 saturated carbocycles. The molecule has 21 heavy (non-hydrogen) atoms. The average molecular weight is 280 g/mol. The van der Waals surface area contributed by atoms with Crippen LogP contribution < -0.4 is 5.32 Å². The molecule has 2 aromatic carbocycles. The fourth-order valence-electron chi connectivity index (χ4n) is 3.35. The molecule has 0 aromatic heterocycles. The van der Waals surface area contributed by atoms with Crippen molar-refractivity contribution in [2.75, 3.05) is 26.2 Å². The van der Waals surface area contributed by atoms with Crippen LogP contribution in [0.25, 0.3) is 10.8 Å². The van der Waals surface area contributed by atoms with Crippen LogP contribution in [-0.4, -0.2) is 31.1 Å². The van der Waals surface area contributed by atoms with E-state index in [9.17, 15) is 0 Å². The second-order valence-corrected chi connectivity index (χ2v) is 5.74. The standard InChI is InChI=1S/C19H24N2/c1-2-3-11-19(21-14-12-20-13-15-21)18-10-6-8-16-7-4-5-9-17(16)18/h2,4-10,19-20H,1,3,11-15H2/t19-/m0/s1. The lowest BCUT2D eigenvalue weighted by Crippen LogP contribution is -2.45. The normalized spacial score (nSPS) is 17.7. The van der Waals surface area contributed by atoms with E-state index >= 15 is 0 Å². The summed E-state index contributed by atoms with van der Waals surface area (Å²) >= 11 is 0. The summed E-state index contributed by atoms with van der Waals surface area (Å²) in [4.78, 5) is 2.63. The summed E-state index contributed by atoms with van der Waals surface area (Å²) in [7, 11) is 0. The van der Waals surface area contributed by atoms with Gasteiger partial charge < -0.3 is 5.32 Å². The lowest BCUT2D eigenvalue weighted by Gasteiger charge is -2.35. The molecule has 0 spiro atoms. The monoisotopic (exact) mass is 280 g/mol. The Balaban J connectivity index is 1.98. The Morgan fingerprint density at radius 3 is 2.67 bits per heavy atom. The van der Waals surface area contributed by atoms with Crippen LogP contribution in [0.3, 0.4) is 0 Å². The summed E-state index contributed by atoms with van der Waals surface area (Å²) in [5.74, 6) is 0. The van der Waals surface area contributed by atoms with E-state index in [2.05, 4.69) is 59.3 Å². The molecule has 2 aromatic rings. The zero-order chi connectivity index (χ0) is 14.5. The number of hydrogen-bond acceptors (Lipinski definition) is 2. The number of hydrogen-bond donors (Lipinski definition) is 1. The second-order valence-electron chi connectivity index (χ2n) is 5.74. The number of nitrogens with zero attached hydrogens (tertiary/aromatic N) is 1. The molecule has 2 nitrogen and oxygen atoms in total. The fourth-order valence-corrected chi connectivity index (χ4v) is 3.35. The molecule has 1 aliphatic heterocycles. The highest BCUT2D eigenvalue weighted by Gasteiger charge is 2.22. The molecule has 2 heteroatoms. The van der Waals surface area contributed by atoms with Crippen LogP contribution in [0.5, 0.6) is 0 Å². The maximum Gasteiger partial charge on any atom is 0.0358 e. The van der Waals surface area contributed by atoms with Gasteiger partial charge in [-0.2, -0.15) is 0 Å². The van der Waals surface area contributed by atoms with Crippen molar-refractivity contribution in [3.63, 3.8) is 0 Å². The van der Waals surface area contributed by atoms with Gasteiger partial charge in [0.25, 0.3) is 0 Å². The Morgan fingerprint density at radius 1 is 1.10 bits per heavy atom. The molecular weight excluding hydrogens is 256 g/mol. The van der Waals surface area contributed by atoms with Gasteiger partial charge in [-0.15, -0.1) is 6.58 Å². The van der Waals surface area contributed by atoms with Crippen molar-refractivity contribution in [1.29, 1.82) is 0 Å². The van der Waals surface area contributed by atoms with Crippen molar-refractivity contribution in [2.24, 2.45) is 0 Å². The largest absolute Gasteiger partial charge is 0.314 e. The first-order valence-electron chi connectivity index (χ1n) is 7.93. The highest BCUT2D eigenvalue weighted by atomic mass is 15.2. The molecule has 110 valence electrons. The zero-order valence-electron chi connectivity index (χ0n) is 12.6. The number of rotatable bonds is 5. The lowest BCUT2D eigenvalue weighted by atomic mass is 9.94.